The number of nitrogens with one attached hydrogen (secondary N) is 1. The SMILES string of the molecule is C[C@@H](CN1CCCCC1)Oc1nc(N2CC3CCC(C2)N3)c2cc(C3CC3)c(-c3ccc(F)c4sc(N)nc34)c(Cl)c2n1. The third-order valence-electron chi connectivity index (χ3n) is 9.51. The lowest BCUT2D eigenvalue weighted by molar-refractivity contribution is 0.123. The van der Waals surface area contributed by atoms with Crippen molar-refractivity contribution in [1.82, 2.24) is 25.2 Å². The molecule has 8 nitrogen and oxygen atoms in total. The van der Waals surface area contributed by atoms with Crippen LogP contribution in [-0.4, -0.2) is 70.8 Å². The second-order valence-corrected chi connectivity index (χ2v) is 14.2. The maximum atomic E-state index is 14.8. The zero-order valence-electron chi connectivity index (χ0n) is 24.4. The highest BCUT2D eigenvalue weighted by atomic mass is 35.5. The highest BCUT2D eigenvalue weighted by molar-refractivity contribution is 7.22. The Morgan fingerprint density at radius 3 is 2.58 bits per heavy atom. The number of hydrogen-bond donors (Lipinski definition) is 2. The van der Waals surface area contributed by atoms with Crippen molar-refractivity contribution in [2.24, 2.45) is 0 Å². The summed E-state index contributed by atoms with van der Waals surface area (Å²) in [5.41, 5.74) is 10.1. The Labute approximate surface area is 259 Å². The molecule has 4 aliphatic rings. The van der Waals surface area contributed by atoms with E-state index in [4.69, 9.17) is 32.0 Å². The zero-order valence-corrected chi connectivity index (χ0v) is 26.0. The van der Waals surface area contributed by atoms with Gasteiger partial charge in [0.15, 0.2) is 5.13 Å². The Morgan fingerprint density at radius 2 is 1.84 bits per heavy atom. The van der Waals surface area contributed by atoms with E-state index in [-0.39, 0.29) is 11.9 Å². The second kappa shape index (κ2) is 11.0. The standard InChI is InChI=1S/C32H37ClFN7OS/c1-17(14-40-11-3-2-4-12-40)42-32-38-27-23(30(39-32)41-15-19-7-8-20(16-41)36-19)13-22(18-5-6-18)25(26(27)33)21-9-10-24(34)29-28(21)37-31(35)43-29/h9-10,13,17-20,36H,2-8,11-12,14-16H2,1H3,(H2,35,37)/t17-,19?,20?/m0/s1. The molecule has 3 atom stereocenters. The maximum absolute atomic E-state index is 14.8. The minimum absolute atomic E-state index is 0.0682. The van der Waals surface area contributed by atoms with Crippen LogP contribution in [0, 0.1) is 5.82 Å². The molecule has 8 rings (SSSR count). The van der Waals surface area contributed by atoms with Gasteiger partial charge in [-0.3, -0.25) is 4.90 Å². The van der Waals surface area contributed by atoms with Crippen molar-refractivity contribution >= 4 is 55.0 Å². The van der Waals surface area contributed by atoms with E-state index >= 15 is 0 Å². The van der Waals surface area contributed by atoms with Crippen molar-refractivity contribution in [3.63, 3.8) is 0 Å². The van der Waals surface area contributed by atoms with E-state index in [1.807, 2.05) is 0 Å². The molecule has 3 N–H and O–H groups in total. The van der Waals surface area contributed by atoms with Crippen LogP contribution in [0.4, 0.5) is 15.3 Å². The molecule has 2 aromatic heterocycles. The first-order chi connectivity index (χ1) is 20.9. The van der Waals surface area contributed by atoms with Crippen molar-refractivity contribution in [2.45, 2.75) is 76.0 Å². The van der Waals surface area contributed by atoms with Gasteiger partial charge >= 0.3 is 6.01 Å². The predicted octanol–water partition coefficient (Wildman–Crippen LogP) is 6.35. The summed E-state index contributed by atoms with van der Waals surface area (Å²) in [6, 6.07) is 6.76. The fourth-order valence-electron chi connectivity index (χ4n) is 7.38. The molecule has 5 heterocycles. The van der Waals surface area contributed by atoms with Gasteiger partial charge in [0.2, 0.25) is 0 Å². The summed E-state index contributed by atoms with van der Waals surface area (Å²) < 4.78 is 21.7. The zero-order chi connectivity index (χ0) is 29.2. The molecule has 2 unspecified atom stereocenters. The van der Waals surface area contributed by atoms with E-state index in [0.717, 1.165) is 84.8 Å². The van der Waals surface area contributed by atoms with Crippen LogP contribution in [0.2, 0.25) is 5.02 Å². The van der Waals surface area contributed by atoms with E-state index in [0.29, 0.717) is 49.9 Å². The minimum atomic E-state index is -0.325. The number of rotatable bonds is 7. The first-order valence-corrected chi connectivity index (χ1v) is 16.9. The number of aromatic nitrogens is 3. The highest BCUT2D eigenvalue weighted by Gasteiger charge is 2.36. The number of fused-ring (bicyclic) bond motifs is 4. The summed E-state index contributed by atoms with van der Waals surface area (Å²) in [5, 5.41) is 5.56. The van der Waals surface area contributed by atoms with E-state index in [1.54, 1.807) is 6.07 Å². The summed E-state index contributed by atoms with van der Waals surface area (Å²) >= 11 is 8.57. The van der Waals surface area contributed by atoms with Gasteiger partial charge in [-0.05, 0) is 88.2 Å². The molecule has 0 spiro atoms. The Bertz CT molecular complexity index is 1690. The highest BCUT2D eigenvalue weighted by Crippen LogP contribution is 2.51. The molecule has 11 heteroatoms. The third kappa shape index (κ3) is 5.20. The molecular weight excluding hydrogens is 585 g/mol. The summed E-state index contributed by atoms with van der Waals surface area (Å²) in [7, 11) is 0. The molecule has 226 valence electrons. The van der Waals surface area contributed by atoms with Gasteiger partial charge in [-0.25, -0.2) is 9.37 Å². The average Bonchev–Trinajstić information content (AvgIpc) is 3.68. The van der Waals surface area contributed by atoms with Gasteiger partial charge in [0.25, 0.3) is 0 Å². The fraction of sp³-hybridized carbons (Fsp3) is 0.531. The fourth-order valence-corrected chi connectivity index (χ4v) is 8.50. The van der Waals surface area contributed by atoms with Gasteiger partial charge in [0.1, 0.15) is 17.7 Å². The lowest BCUT2D eigenvalue weighted by Crippen LogP contribution is -2.51. The van der Waals surface area contributed by atoms with Crippen LogP contribution < -0.4 is 20.7 Å². The van der Waals surface area contributed by atoms with Gasteiger partial charge in [-0.1, -0.05) is 29.4 Å². The number of ether oxygens (including phenoxy) is 1. The molecule has 3 aliphatic heterocycles. The lowest BCUT2D eigenvalue weighted by Gasteiger charge is -2.34. The number of nitrogens with two attached hydrogens (primary N) is 1. The van der Waals surface area contributed by atoms with Gasteiger partial charge in [0, 0.05) is 48.2 Å². The summed E-state index contributed by atoms with van der Waals surface area (Å²) in [4.78, 5) is 19.5. The van der Waals surface area contributed by atoms with Crippen LogP contribution in [0.25, 0.3) is 32.2 Å². The Kier molecular flexibility index (Phi) is 7.08. The number of hydrogen-bond acceptors (Lipinski definition) is 9. The van der Waals surface area contributed by atoms with E-state index in [2.05, 4.69) is 33.1 Å². The molecule has 43 heavy (non-hydrogen) atoms. The number of nitrogens with zero attached hydrogens (tertiary/aromatic N) is 5. The number of likely N-dealkylation sites (tertiary alicyclic amines) is 1. The number of nitrogen functional groups attached to an aromatic ring is 1. The van der Waals surface area contributed by atoms with Crippen LogP contribution in [0.3, 0.4) is 0 Å². The van der Waals surface area contributed by atoms with Gasteiger partial charge < -0.3 is 20.7 Å². The van der Waals surface area contributed by atoms with Crippen molar-refractivity contribution in [3.8, 4) is 17.1 Å². The Balaban J connectivity index is 1.28. The molecule has 2 aromatic carbocycles. The van der Waals surface area contributed by atoms with Crippen LogP contribution in [0.1, 0.15) is 63.4 Å². The van der Waals surface area contributed by atoms with Crippen molar-refractivity contribution in [3.05, 3.63) is 34.6 Å². The van der Waals surface area contributed by atoms with Crippen molar-refractivity contribution in [2.75, 3.05) is 43.4 Å². The molecule has 3 saturated heterocycles. The number of benzene rings is 2. The normalized spacial score (nSPS) is 23.4. The van der Waals surface area contributed by atoms with E-state index < -0.39 is 0 Å². The van der Waals surface area contributed by atoms with Crippen molar-refractivity contribution < 1.29 is 9.13 Å². The molecule has 1 aliphatic carbocycles. The Morgan fingerprint density at radius 1 is 1.07 bits per heavy atom. The van der Waals surface area contributed by atoms with Gasteiger partial charge in [-0.2, -0.15) is 9.97 Å². The van der Waals surface area contributed by atoms with Crippen LogP contribution in [0.5, 0.6) is 6.01 Å². The number of halogens is 2. The van der Waals surface area contributed by atoms with E-state index in [9.17, 15) is 4.39 Å². The minimum Gasteiger partial charge on any atom is -0.459 e. The predicted molar refractivity (Wildman–Crippen MR) is 172 cm³/mol. The Hall–Kier alpha value is -2.79. The van der Waals surface area contributed by atoms with Crippen LogP contribution in [-0.2, 0) is 0 Å². The summed E-state index contributed by atoms with van der Waals surface area (Å²) in [6.45, 7) is 6.92. The molecule has 4 fully saturated rings. The molecule has 0 radical (unpaired) electrons. The first-order valence-electron chi connectivity index (χ1n) is 15.7. The molecule has 4 aromatic rings. The van der Waals surface area contributed by atoms with Gasteiger partial charge in [0.05, 0.1) is 20.8 Å². The number of piperidine rings is 1. The van der Waals surface area contributed by atoms with E-state index in [1.165, 1.54) is 38.2 Å². The maximum Gasteiger partial charge on any atom is 0.319 e. The van der Waals surface area contributed by atoms with Crippen LogP contribution in [0.15, 0.2) is 18.2 Å². The quantitative estimate of drug-likeness (QED) is 0.247. The summed E-state index contributed by atoms with van der Waals surface area (Å²) in [5.74, 6) is 0.941. The molecule has 0 amide bonds. The molecule has 1 saturated carbocycles. The molecule has 2 bridgehead atoms. The van der Waals surface area contributed by atoms with Gasteiger partial charge in [-0.15, -0.1) is 0 Å². The third-order valence-corrected chi connectivity index (χ3v) is 10.8. The molecular formula is C32H37ClFN7OS. The second-order valence-electron chi connectivity index (χ2n) is 12.8. The number of anilines is 2. The topological polar surface area (TPSA) is 92.4 Å². The van der Waals surface area contributed by atoms with Crippen molar-refractivity contribution in [1.29, 1.82) is 0 Å². The number of piperazine rings is 1. The monoisotopic (exact) mass is 621 g/mol. The lowest BCUT2D eigenvalue weighted by atomic mass is 9.93. The largest absolute Gasteiger partial charge is 0.459 e. The van der Waals surface area contributed by atoms with Crippen LogP contribution >= 0.6 is 22.9 Å². The summed E-state index contributed by atoms with van der Waals surface area (Å²) in [6.07, 6.45) is 8.22. The number of thiazole rings is 1. The average molecular weight is 622 g/mol. The smallest absolute Gasteiger partial charge is 0.319 e. The first kappa shape index (κ1) is 27.7.